The molecule has 0 bridgehead atoms. The van der Waals surface area contributed by atoms with Crippen molar-refractivity contribution in [2.45, 2.75) is 31.3 Å². The number of hydrogen-bond acceptors (Lipinski definition) is 5. The Balaban J connectivity index is 1.59. The maximum atomic E-state index is 12.4. The van der Waals surface area contributed by atoms with Crippen molar-refractivity contribution in [2.24, 2.45) is 0 Å². The van der Waals surface area contributed by atoms with Gasteiger partial charge in [-0.2, -0.15) is 0 Å². The average Bonchev–Trinajstić information content (AvgIpc) is 2.82. The van der Waals surface area contributed by atoms with E-state index in [9.17, 15) is 13.2 Å². The molecule has 0 saturated heterocycles. The van der Waals surface area contributed by atoms with Gasteiger partial charge in [0.05, 0.1) is 24.5 Å². The van der Waals surface area contributed by atoms with Gasteiger partial charge in [-0.3, -0.25) is 9.10 Å². The molecule has 0 aliphatic heterocycles. The molecule has 0 radical (unpaired) electrons. The van der Waals surface area contributed by atoms with Crippen molar-refractivity contribution in [3.05, 3.63) is 89.5 Å². The number of benzene rings is 3. The smallest absolute Gasteiger partial charge is 0.258 e. The lowest BCUT2D eigenvalue weighted by Gasteiger charge is -2.23. The summed E-state index contributed by atoms with van der Waals surface area (Å²) in [7, 11) is -3.48. The summed E-state index contributed by atoms with van der Waals surface area (Å²) < 4.78 is 31.8. The van der Waals surface area contributed by atoms with Crippen LogP contribution in [0.1, 0.15) is 29.7 Å². The molecule has 0 saturated carbocycles. The second kappa shape index (κ2) is 11.4. The molecule has 0 heterocycles. The highest BCUT2D eigenvalue weighted by Crippen LogP contribution is 2.24. The van der Waals surface area contributed by atoms with Gasteiger partial charge in [-0.25, -0.2) is 8.42 Å². The molecule has 34 heavy (non-hydrogen) atoms. The summed E-state index contributed by atoms with van der Waals surface area (Å²) in [4.78, 5) is 13.5. The minimum absolute atomic E-state index is 0.133. The van der Waals surface area contributed by atoms with Crippen LogP contribution >= 0.6 is 11.8 Å². The number of rotatable bonds is 10. The van der Waals surface area contributed by atoms with E-state index in [4.69, 9.17) is 4.74 Å². The third-order valence-electron chi connectivity index (χ3n) is 5.34. The lowest BCUT2D eigenvalue weighted by molar-refractivity contribution is -0.123. The summed E-state index contributed by atoms with van der Waals surface area (Å²) in [5.74, 6) is 0.252. The maximum absolute atomic E-state index is 12.4. The molecule has 0 aliphatic carbocycles. The van der Waals surface area contributed by atoms with Gasteiger partial charge in [-0.15, -0.1) is 11.8 Å². The Morgan fingerprint density at radius 2 is 1.62 bits per heavy atom. The van der Waals surface area contributed by atoms with E-state index < -0.39 is 10.0 Å². The second-order valence-electron chi connectivity index (χ2n) is 8.10. The molecule has 0 unspecified atom stereocenters. The number of hydrogen-bond donors (Lipinski definition) is 1. The van der Waals surface area contributed by atoms with Crippen LogP contribution in [0.2, 0.25) is 0 Å². The average molecular weight is 499 g/mol. The lowest BCUT2D eigenvalue weighted by Crippen LogP contribution is -2.31. The first-order chi connectivity index (χ1) is 16.2. The number of amides is 1. The van der Waals surface area contributed by atoms with Gasteiger partial charge in [-0.1, -0.05) is 42.0 Å². The van der Waals surface area contributed by atoms with Crippen LogP contribution in [0.15, 0.2) is 77.7 Å². The molecule has 3 aromatic carbocycles. The van der Waals surface area contributed by atoms with Gasteiger partial charge in [0.2, 0.25) is 10.0 Å². The van der Waals surface area contributed by atoms with Crippen LogP contribution in [-0.4, -0.2) is 33.4 Å². The number of thioether (sulfide) groups is 1. The van der Waals surface area contributed by atoms with Gasteiger partial charge in [0.25, 0.3) is 5.91 Å². The summed E-state index contributed by atoms with van der Waals surface area (Å²) in [6.45, 7) is 4.01. The minimum atomic E-state index is -3.48. The van der Waals surface area contributed by atoms with Crippen molar-refractivity contribution in [1.29, 1.82) is 0 Å². The zero-order chi connectivity index (χ0) is 24.7. The fourth-order valence-electron chi connectivity index (χ4n) is 3.38. The number of anilines is 1. The van der Waals surface area contributed by atoms with E-state index in [-0.39, 0.29) is 25.1 Å². The highest BCUT2D eigenvalue weighted by Gasteiger charge is 2.18. The van der Waals surface area contributed by atoms with E-state index in [2.05, 4.69) is 5.32 Å². The Hall–Kier alpha value is -2.97. The molecule has 8 heteroatoms. The molecule has 0 aromatic heterocycles. The number of ether oxygens (including phenoxy) is 1. The van der Waals surface area contributed by atoms with Gasteiger partial charge < -0.3 is 10.1 Å². The molecule has 0 fully saturated rings. The van der Waals surface area contributed by atoms with Crippen LogP contribution in [-0.2, 0) is 21.4 Å². The fourth-order valence-corrected chi connectivity index (χ4v) is 4.67. The number of carbonyl (C=O) groups is 1. The Morgan fingerprint density at radius 1 is 1.00 bits per heavy atom. The zero-order valence-electron chi connectivity index (χ0n) is 19.8. The van der Waals surface area contributed by atoms with E-state index in [1.165, 1.54) is 15.5 Å². The summed E-state index contributed by atoms with van der Waals surface area (Å²) in [5, 5.41) is 2.93. The van der Waals surface area contributed by atoms with E-state index in [1.54, 1.807) is 36.0 Å². The first kappa shape index (κ1) is 25.6. The van der Waals surface area contributed by atoms with Gasteiger partial charge in [0.1, 0.15) is 5.75 Å². The third-order valence-corrected chi connectivity index (χ3v) is 7.22. The Kier molecular flexibility index (Phi) is 8.63. The van der Waals surface area contributed by atoms with Crippen molar-refractivity contribution in [3.63, 3.8) is 0 Å². The minimum Gasteiger partial charge on any atom is -0.484 e. The molecule has 0 spiro atoms. The highest BCUT2D eigenvalue weighted by molar-refractivity contribution is 7.98. The number of carbonyl (C=O) groups excluding carboxylic acids is 1. The highest BCUT2D eigenvalue weighted by atomic mass is 32.2. The van der Waals surface area contributed by atoms with Gasteiger partial charge in [0.15, 0.2) is 6.61 Å². The normalized spacial score (nSPS) is 12.1. The predicted octanol–water partition coefficient (Wildman–Crippen LogP) is 4.94. The quantitative estimate of drug-likeness (QED) is 0.401. The number of nitrogens with one attached hydrogen (secondary N) is 1. The summed E-state index contributed by atoms with van der Waals surface area (Å²) >= 11 is 1.67. The van der Waals surface area contributed by atoms with Crippen LogP contribution in [0.4, 0.5) is 5.69 Å². The molecule has 1 N–H and O–H groups in total. The van der Waals surface area contributed by atoms with Gasteiger partial charge in [-0.05, 0) is 67.6 Å². The number of nitrogens with zero attached hydrogens (tertiary/aromatic N) is 1. The molecular formula is C26H30N2O4S2. The zero-order valence-corrected chi connectivity index (χ0v) is 21.4. The molecule has 180 valence electrons. The van der Waals surface area contributed by atoms with Crippen LogP contribution in [0.5, 0.6) is 5.75 Å². The number of sulfonamides is 1. The van der Waals surface area contributed by atoms with E-state index >= 15 is 0 Å². The fraction of sp³-hybridized carbons (Fsp3) is 0.269. The van der Waals surface area contributed by atoms with E-state index in [0.29, 0.717) is 11.4 Å². The molecule has 3 rings (SSSR count). The molecule has 3 aromatic rings. The second-order valence-corrected chi connectivity index (χ2v) is 10.9. The summed E-state index contributed by atoms with van der Waals surface area (Å²) in [5.41, 5.74) is 3.56. The Labute approximate surface area is 206 Å². The summed E-state index contributed by atoms with van der Waals surface area (Å²) in [6, 6.07) is 22.4. The summed E-state index contributed by atoms with van der Waals surface area (Å²) in [6.07, 6.45) is 3.21. The van der Waals surface area contributed by atoms with Crippen LogP contribution in [0, 0.1) is 6.92 Å². The van der Waals surface area contributed by atoms with Crippen molar-refractivity contribution >= 4 is 33.4 Å². The van der Waals surface area contributed by atoms with E-state index in [0.717, 1.165) is 16.7 Å². The van der Waals surface area contributed by atoms with Crippen molar-refractivity contribution in [3.8, 4) is 5.75 Å². The lowest BCUT2D eigenvalue weighted by atomic mass is 10.1. The SMILES string of the molecule is CSc1ccc([C@H](C)NC(=O)COc2ccc(N(Cc3ccc(C)cc3)S(C)(=O)=O)cc2)cc1. The Morgan fingerprint density at radius 3 is 2.18 bits per heavy atom. The van der Waals surface area contributed by atoms with Crippen molar-refractivity contribution < 1.29 is 17.9 Å². The van der Waals surface area contributed by atoms with Crippen LogP contribution < -0.4 is 14.4 Å². The molecular weight excluding hydrogens is 468 g/mol. The predicted molar refractivity (Wildman–Crippen MR) is 139 cm³/mol. The van der Waals surface area contributed by atoms with Crippen LogP contribution in [0.25, 0.3) is 0 Å². The standard InChI is InChI=1S/C26H30N2O4S2/c1-19-5-7-21(8-6-19)17-28(34(4,30)31)23-11-13-24(14-12-23)32-18-26(29)27-20(2)22-9-15-25(33-3)16-10-22/h5-16,20H,17-18H2,1-4H3,(H,27,29)/t20-/m0/s1. The molecule has 1 atom stereocenters. The van der Waals surface area contributed by atoms with Crippen molar-refractivity contribution in [2.75, 3.05) is 23.4 Å². The van der Waals surface area contributed by atoms with Gasteiger partial charge >= 0.3 is 0 Å². The topological polar surface area (TPSA) is 75.7 Å². The first-order valence-electron chi connectivity index (χ1n) is 10.8. The third kappa shape index (κ3) is 7.27. The van der Waals surface area contributed by atoms with Crippen LogP contribution in [0.3, 0.4) is 0 Å². The largest absolute Gasteiger partial charge is 0.484 e. The molecule has 6 nitrogen and oxygen atoms in total. The van der Waals surface area contributed by atoms with Crippen molar-refractivity contribution in [1.82, 2.24) is 5.32 Å². The number of aryl methyl sites for hydroxylation is 1. The van der Waals surface area contributed by atoms with Gasteiger partial charge in [0, 0.05) is 4.90 Å². The van der Waals surface area contributed by atoms with E-state index in [1.807, 2.05) is 68.6 Å². The first-order valence-corrected chi connectivity index (χ1v) is 13.9. The Bertz CT molecular complexity index is 1190. The monoisotopic (exact) mass is 498 g/mol. The maximum Gasteiger partial charge on any atom is 0.258 e. The molecule has 0 aliphatic rings. The molecule has 1 amide bonds.